The van der Waals surface area contributed by atoms with Crippen LogP contribution < -0.4 is 10.2 Å². The minimum absolute atomic E-state index is 0.869. The SMILES string of the molecule is c1ccc2c(c1)CCCN2CCCCCNC1CC1. The lowest BCUT2D eigenvalue weighted by molar-refractivity contribution is 0.585. The van der Waals surface area contributed by atoms with Crippen molar-refractivity contribution >= 4 is 5.69 Å². The van der Waals surface area contributed by atoms with Gasteiger partial charge in [-0.25, -0.2) is 0 Å². The fourth-order valence-electron chi connectivity index (χ4n) is 3.04. The van der Waals surface area contributed by atoms with E-state index in [1.54, 1.807) is 5.56 Å². The van der Waals surface area contributed by atoms with Crippen LogP contribution in [-0.2, 0) is 6.42 Å². The maximum atomic E-state index is 3.60. The van der Waals surface area contributed by atoms with E-state index in [9.17, 15) is 0 Å². The molecule has 0 aromatic heterocycles. The molecule has 1 fully saturated rings. The van der Waals surface area contributed by atoms with Crippen LogP contribution in [0, 0.1) is 0 Å². The third-order valence-corrected chi connectivity index (χ3v) is 4.32. The molecule has 1 N–H and O–H groups in total. The van der Waals surface area contributed by atoms with Gasteiger partial charge in [0.05, 0.1) is 0 Å². The fraction of sp³-hybridized carbons (Fsp3) is 0.647. The Morgan fingerprint density at radius 2 is 2.00 bits per heavy atom. The molecule has 1 aliphatic carbocycles. The van der Waals surface area contributed by atoms with Gasteiger partial charge in [0.15, 0.2) is 0 Å². The van der Waals surface area contributed by atoms with Crippen molar-refractivity contribution in [2.24, 2.45) is 0 Å². The summed E-state index contributed by atoms with van der Waals surface area (Å²) in [5, 5.41) is 3.60. The Morgan fingerprint density at radius 3 is 2.89 bits per heavy atom. The van der Waals surface area contributed by atoms with Crippen LogP contribution >= 0.6 is 0 Å². The number of hydrogen-bond donors (Lipinski definition) is 1. The van der Waals surface area contributed by atoms with Gasteiger partial charge >= 0.3 is 0 Å². The Hall–Kier alpha value is -1.02. The highest BCUT2D eigenvalue weighted by Gasteiger charge is 2.19. The third-order valence-electron chi connectivity index (χ3n) is 4.32. The van der Waals surface area contributed by atoms with E-state index in [-0.39, 0.29) is 0 Å². The largest absolute Gasteiger partial charge is 0.371 e. The minimum Gasteiger partial charge on any atom is -0.371 e. The summed E-state index contributed by atoms with van der Waals surface area (Å²) < 4.78 is 0. The second kappa shape index (κ2) is 6.42. The third kappa shape index (κ3) is 3.73. The van der Waals surface area contributed by atoms with Gasteiger partial charge < -0.3 is 10.2 Å². The number of anilines is 1. The minimum atomic E-state index is 0.869. The van der Waals surface area contributed by atoms with E-state index in [1.165, 1.54) is 70.3 Å². The summed E-state index contributed by atoms with van der Waals surface area (Å²) >= 11 is 0. The summed E-state index contributed by atoms with van der Waals surface area (Å²) in [6.07, 6.45) is 9.43. The zero-order chi connectivity index (χ0) is 12.9. The van der Waals surface area contributed by atoms with E-state index in [2.05, 4.69) is 34.5 Å². The second-order valence-electron chi connectivity index (χ2n) is 6.01. The molecule has 0 atom stereocenters. The lowest BCUT2D eigenvalue weighted by Crippen LogP contribution is -2.30. The average molecular weight is 258 g/mol. The Morgan fingerprint density at radius 1 is 1.11 bits per heavy atom. The number of benzene rings is 1. The van der Waals surface area contributed by atoms with E-state index >= 15 is 0 Å². The first-order valence-corrected chi connectivity index (χ1v) is 8.00. The summed E-state index contributed by atoms with van der Waals surface area (Å²) in [4.78, 5) is 2.59. The van der Waals surface area contributed by atoms with Crippen molar-refractivity contribution in [3.8, 4) is 0 Å². The van der Waals surface area contributed by atoms with Gasteiger partial charge in [0, 0.05) is 24.8 Å². The summed E-state index contributed by atoms with van der Waals surface area (Å²) in [6, 6.07) is 9.81. The molecule has 19 heavy (non-hydrogen) atoms. The Bertz CT molecular complexity index is 398. The smallest absolute Gasteiger partial charge is 0.0398 e. The summed E-state index contributed by atoms with van der Waals surface area (Å²) in [6.45, 7) is 3.71. The summed E-state index contributed by atoms with van der Waals surface area (Å²) in [5.74, 6) is 0. The molecule has 0 spiro atoms. The molecule has 0 saturated heterocycles. The van der Waals surface area contributed by atoms with E-state index in [4.69, 9.17) is 0 Å². The first-order chi connectivity index (χ1) is 9.43. The molecule has 0 radical (unpaired) electrons. The number of unbranched alkanes of at least 4 members (excludes halogenated alkanes) is 2. The topological polar surface area (TPSA) is 15.3 Å². The number of para-hydroxylation sites is 1. The van der Waals surface area contributed by atoms with Crippen LogP contribution in [0.4, 0.5) is 5.69 Å². The van der Waals surface area contributed by atoms with E-state index in [0.29, 0.717) is 0 Å². The van der Waals surface area contributed by atoms with Crippen molar-refractivity contribution < 1.29 is 0 Å². The van der Waals surface area contributed by atoms with Crippen LogP contribution in [0.15, 0.2) is 24.3 Å². The Balaban J connectivity index is 1.38. The molecule has 104 valence electrons. The van der Waals surface area contributed by atoms with E-state index in [0.717, 1.165) is 6.04 Å². The number of aryl methyl sites for hydroxylation is 1. The van der Waals surface area contributed by atoms with Crippen LogP contribution in [-0.4, -0.2) is 25.7 Å². The maximum Gasteiger partial charge on any atom is 0.0398 e. The number of nitrogens with zero attached hydrogens (tertiary/aromatic N) is 1. The van der Waals surface area contributed by atoms with Gasteiger partial charge in [-0.2, -0.15) is 0 Å². The van der Waals surface area contributed by atoms with Crippen LogP contribution in [0.3, 0.4) is 0 Å². The molecule has 1 aromatic rings. The summed E-state index contributed by atoms with van der Waals surface area (Å²) in [7, 11) is 0. The van der Waals surface area contributed by atoms with Crippen LogP contribution in [0.2, 0.25) is 0 Å². The monoisotopic (exact) mass is 258 g/mol. The number of fused-ring (bicyclic) bond motifs is 1. The highest BCUT2D eigenvalue weighted by atomic mass is 15.1. The van der Waals surface area contributed by atoms with Crippen molar-refractivity contribution in [3.63, 3.8) is 0 Å². The molecule has 1 aliphatic heterocycles. The van der Waals surface area contributed by atoms with Crippen LogP contribution in [0.1, 0.15) is 44.1 Å². The molecule has 2 aliphatic rings. The second-order valence-corrected chi connectivity index (χ2v) is 6.01. The number of nitrogens with one attached hydrogen (secondary N) is 1. The molecule has 0 bridgehead atoms. The normalized spacial score (nSPS) is 18.4. The van der Waals surface area contributed by atoms with Crippen LogP contribution in [0.5, 0.6) is 0 Å². The van der Waals surface area contributed by atoms with Gasteiger partial charge in [-0.1, -0.05) is 24.6 Å². The van der Waals surface area contributed by atoms with E-state index in [1.807, 2.05) is 0 Å². The Labute approximate surface area is 117 Å². The lowest BCUT2D eigenvalue weighted by atomic mass is 10.0. The molecule has 2 nitrogen and oxygen atoms in total. The van der Waals surface area contributed by atoms with E-state index < -0.39 is 0 Å². The molecule has 1 heterocycles. The van der Waals surface area contributed by atoms with Crippen molar-refractivity contribution in [2.75, 3.05) is 24.5 Å². The van der Waals surface area contributed by atoms with Gasteiger partial charge in [-0.3, -0.25) is 0 Å². The quantitative estimate of drug-likeness (QED) is 0.754. The predicted octanol–water partition coefficient (Wildman–Crippen LogP) is 3.36. The van der Waals surface area contributed by atoms with Gasteiger partial charge in [0.25, 0.3) is 0 Å². The predicted molar refractivity (Wildman–Crippen MR) is 81.9 cm³/mol. The highest BCUT2D eigenvalue weighted by Crippen LogP contribution is 2.26. The average Bonchev–Trinajstić information content (AvgIpc) is 3.27. The van der Waals surface area contributed by atoms with Crippen molar-refractivity contribution in [3.05, 3.63) is 29.8 Å². The van der Waals surface area contributed by atoms with Crippen molar-refractivity contribution in [2.45, 2.75) is 51.0 Å². The zero-order valence-corrected chi connectivity index (χ0v) is 11.9. The molecule has 1 saturated carbocycles. The standard InChI is InChI=1S/C17H26N2/c1(4-12-18-16-10-11-16)5-13-19-14-6-8-15-7-2-3-9-17(15)19/h2-3,7,9,16,18H,1,4-6,8,10-14H2. The molecule has 3 rings (SSSR count). The first kappa shape index (κ1) is 13.0. The number of rotatable bonds is 7. The molecule has 2 heteroatoms. The highest BCUT2D eigenvalue weighted by molar-refractivity contribution is 5.55. The number of hydrogen-bond acceptors (Lipinski definition) is 2. The van der Waals surface area contributed by atoms with Crippen molar-refractivity contribution in [1.29, 1.82) is 0 Å². The molecular weight excluding hydrogens is 232 g/mol. The first-order valence-electron chi connectivity index (χ1n) is 8.00. The molecular formula is C17H26N2. The van der Waals surface area contributed by atoms with Gasteiger partial charge in [-0.15, -0.1) is 0 Å². The molecule has 0 amide bonds. The van der Waals surface area contributed by atoms with Gasteiger partial charge in [0.1, 0.15) is 0 Å². The van der Waals surface area contributed by atoms with Crippen LogP contribution in [0.25, 0.3) is 0 Å². The Kier molecular flexibility index (Phi) is 4.39. The van der Waals surface area contributed by atoms with Gasteiger partial charge in [0.2, 0.25) is 0 Å². The fourth-order valence-corrected chi connectivity index (χ4v) is 3.04. The maximum absolute atomic E-state index is 3.60. The zero-order valence-electron chi connectivity index (χ0n) is 11.9. The summed E-state index contributed by atoms with van der Waals surface area (Å²) in [5.41, 5.74) is 3.04. The molecule has 1 aromatic carbocycles. The lowest BCUT2D eigenvalue weighted by Gasteiger charge is -2.31. The van der Waals surface area contributed by atoms with Crippen molar-refractivity contribution in [1.82, 2.24) is 5.32 Å². The van der Waals surface area contributed by atoms with Gasteiger partial charge in [-0.05, 0) is 56.7 Å². The molecule has 0 unspecified atom stereocenters.